The van der Waals surface area contributed by atoms with E-state index in [0.29, 0.717) is 19.3 Å². The molecule has 0 saturated carbocycles. The van der Waals surface area contributed by atoms with Crippen molar-refractivity contribution in [3.63, 3.8) is 0 Å². The number of carbonyl (C=O) groups is 3. The Labute approximate surface area is 426 Å². The second-order valence-corrected chi connectivity index (χ2v) is 19.2. The molecule has 0 fully saturated rings. The van der Waals surface area contributed by atoms with Crippen LogP contribution in [0.1, 0.15) is 278 Å². The zero-order chi connectivity index (χ0) is 50.0. The summed E-state index contributed by atoms with van der Waals surface area (Å²) in [6.07, 6.45) is 74.2. The smallest absolute Gasteiger partial charge is 0.306 e. The number of hydrogen-bond acceptors (Lipinski definition) is 6. The van der Waals surface area contributed by atoms with E-state index < -0.39 is 6.10 Å². The SMILES string of the molecule is CC/C=C\C/C=C\C/C=C\C/C=C\C/C=C\CCCCCCCCCC(=O)OCC(COC(=O)CCCCCCCCCCCCCC)OC(=O)CCCCCCC/C=C\C/C=C\CCCCCC. The summed E-state index contributed by atoms with van der Waals surface area (Å²) in [7, 11) is 0. The van der Waals surface area contributed by atoms with Crippen LogP contribution in [0.4, 0.5) is 0 Å². The average Bonchev–Trinajstić information content (AvgIpc) is 3.35. The van der Waals surface area contributed by atoms with Crippen LogP contribution >= 0.6 is 0 Å². The molecule has 0 aromatic rings. The molecule has 1 unspecified atom stereocenters. The van der Waals surface area contributed by atoms with Gasteiger partial charge in [-0.1, -0.05) is 247 Å². The van der Waals surface area contributed by atoms with E-state index in [0.717, 1.165) is 122 Å². The minimum Gasteiger partial charge on any atom is -0.462 e. The Morgan fingerprint density at radius 2 is 0.565 bits per heavy atom. The van der Waals surface area contributed by atoms with Crippen molar-refractivity contribution < 1.29 is 28.6 Å². The maximum absolute atomic E-state index is 12.8. The van der Waals surface area contributed by atoms with E-state index in [9.17, 15) is 14.4 Å². The quantitative estimate of drug-likeness (QED) is 0.0262. The van der Waals surface area contributed by atoms with Gasteiger partial charge in [0.15, 0.2) is 6.10 Å². The Morgan fingerprint density at radius 3 is 0.899 bits per heavy atom. The van der Waals surface area contributed by atoms with Gasteiger partial charge in [-0.15, -0.1) is 0 Å². The van der Waals surface area contributed by atoms with Crippen molar-refractivity contribution in [3.8, 4) is 0 Å². The molecule has 396 valence electrons. The summed E-state index contributed by atoms with van der Waals surface area (Å²) in [6, 6.07) is 0. The molecule has 6 nitrogen and oxygen atoms in total. The number of carbonyl (C=O) groups excluding carboxylic acids is 3. The van der Waals surface area contributed by atoms with Gasteiger partial charge in [-0.05, 0) is 96.3 Å². The molecule has 0 aromatic heterocycles. The fraction of sp³-hybridized carbons (Fsp3) is 0.730. The third-order valence-electron chi connectivity index (χ3n) is 12.4. The summed E-state index contributed by atoms with van der Waals surface area (Å²) in [5, 5.41) is 0. The molecule has 0 N–H and O–H groups in total. The number of ether oxygens (including phenoxy) is 3. The molecule has 0 rings (SSSR count). The van der Waals surface area contributed by atoms with E-state index in [-0.39, 0.29) is 31.1 Å². The highest BCUT2D eigenvalue weighted by atomic mass is 16.6. The van der Waals surface area contributed by atoms with Crippen LogP contribution in [0, 0.1) is 0 Å². The highest BCUT2D eigenvalue weighted by Crippen LogP contribution is 2.15. The number of esters is 3. The van der Waals surface area contributed by atoms with E-state index in [1.54, 1.807) is 0 Å². The largest absolute Gasteiger partial charge is 0.462 e. The van der Waals surface area contributed by atoms with Crippen LogP contribution in [-0.2, 0) is 28.6 Å². The van der Waals surface area contributed by atoms with E-state index in [2.05, 4.69) is 106 Å². The number of allylic oxidation sites excluding steroid dienone is 14. The van der Waals surface area contributed by atoms with Gasteiger partial charge in [-0.3, -0.25) is 14.4 Å². The summed E-state index contributed by atoms with van der Waals surface area (Å²) in [5.41, 5.74) is 0. The first-order valence-corrected chi connectivity index (χ1v) is 29.1. The van der Waals surface area contributed by atoms with Crippen LogP contribution in [0.15, 0.2) is 85.1 Å². The number of hydrogen-bond donors (Lipinski definition) is 0. The Bertz CT molecular complexity index is 1330. The van der Waals surface area contributed by atoms with Crippen molar-refractivity contribution >= 4 is 17.9 Å². The Hall–Kier alpha value is -3.41. The minimum atomic E-state index is -0.787. The molecule has 0 spiro atoms. The van der Waals surface area contributed by atoms with Crippen LogP contribution in [0.2, 0.25) is 0 Å². The molecule has 69 heavy (non-hydrogen) atoms. The molecule has 6 heteroatoms. The second kappa shape index (κ2) is 57.2. The lowest BCUT2D eigenvalue weighted by Crippen LogP contribution is -2.30. The van der Waals surface area contributed by atoms with Gasteiger partial charge in [0.2, 0.25) is 0 Å². The monoisotopic (exact) mass is 961 g/mol. The summed E-state index contributed by atoms with van der Waals surface area (Å²) in [5.74, 6) is -0.903. The third-order valence-corrected chi connectivity index (χ3v) is 12.4. The lowest BCUT2D eigenvalue weighted by Gasteiger charge is -2.18. The standard InChI is InChI=1S/C63H108O6/c1-4-7-10-13-16-19-22-25-27-29-30-31-32-33-34-35-37-38-41-44-47-50-53-56-62(65)68-59-60(58-67-61(64)55-52-49-46-43-40-24-21-18-15-12-9-6-3)69-63(66)57-54-51-48-45-42-39-36-28-26-23-20-17-14-11-8-5-2/h7,10,16,19-20,23,25,27-28,30-31,33-34,36,60H,4-6,8-9,11-15,17-18,21-22,24,26,29,32,35,37-59H2,1-3H3/b10-7-,19-16-,23-20-,27-25-,31-30-,34-33-,36-28-. The average molecular weight is 962 g/mol. The predicted molar refractivity (Wildman–Crippen MR) is 297 cm³/mol. The third kappa shape index (κ3) is 55.4. The van der Waals surface area contributed by atoms with Crippen molar-refractivity contribution in [2.24, 2.45) is 0 Å². The maximum atomic E-state index is 12.8. The molecular weight excluding hydrogens is 853 g/mol. The van der Waals surface area contributed by atoms with Crippen LogP contribution < -0.4 is 0 Å². The van der Waals surface area contributed by atoms with Crippen molar-refractivity contribution in [2.75, 3.05) is 13.2 Å². The first kappa shape index (κ1) is 65.6. The summed E-state index contributed by atoms with van der Waals surface area (Å²) in [4.78, 5) is 38.1. The van der Waals surface area contributed by atoms with Gasteiger partial charge in [0.1, 0.15) is 13.2 Å². The molecule has 0 aliphatic rings. The topological polar surface area (TPSA) is 78.9 Å². The lowest BCUT2D eigenvalue weighted by molar-refractivity contribution is -0.167. The Balaban J connectivity index is 4.37. The van der Waals surface area contributed by atoms with E-state index in [1.807, 2.05) is 0 Å². The van der Waals surface area contributed by atoms with Crippen molar-refractivity contribution in [1.82, 2.24) is 0 Å². The number of unbranched alkanes of at least 4 members (excludes halogenated alkanes) is 27. The molecule has 0 saturated heterocycles. The molecule has 0 aliphatic heterocycles. The van der Waals surface area contributed by atoms with Gasteiger partial charge in [-0.25, -0.2) is 0 Å². The zero-order valence-electron chi connectivity index (χ0n) is 45.3. The van der Waals surface area contributed by atoms with Gasteiger partial charge in [0.05, 0.1) is 0 Å². The highest BCUT2D eigenvalue weighted by Gasteiger charge is 2.19. The van der Waals surface area contributed by atoms with Crippen LogP contribution in [-0.4, -0.2) is 37.2 Å². The van der Waals surface area contributed by atoms with Gasteiger partial charge >= 0.3 is 17.9 Å². The summed E-state index contributed by atoms with van der Waals surface area (Å²) < 4.78 is 16.8. The molecule has 0 heterocycles. The first-order chi connectivity index (χ1) is 34.0. The van der Waals surface area contributed by atoms with Gasteiger partial charge in [0.25, 0.3) is 0 Å². The van der Waals surface area contributed by atoms with Crippen molar-refractivity contribution in [2.45, 2.75) is 284 Å². The second-order valence-electron chi connectivity index (χ2n) is 19.2. The Morgan fingerprint density at radius 1 is 0.304 bits per heavy atom. The molecular formula is C63H108O6. The number of rotatable bonds is 52. The highest BCUT2D eigenvalue weighted by molar-refractivity contribution is 5.71. The van der Waals surface area contributed by atoms with Crippen molar-refractivity contribution in [3.05, 3.63) is 85.1 Å². The van der Waals surface area contributed by atoms with E-state index in [4.69, 9.17) is 14.2 Å². The van der Waals surface area contributed by atoms with Gasteiger partial charge in [-0.2, -0.15) is 0 Å². The predicted octanol–water partition coefficient (Wildman–Crippen LogP) is 19.5. The molecule has 0 aromatic carbocycles. The van der Waals surface area contributed by atoms with Gasteiger partial charge in [0, 0.05) is 19.3 Å². The van der Waals surface area contributed by atoms with Crippen molar-refractivity contribution in [1.29, 1.82) is 0 Å². The van der Waals surface area contributed by atoms with E-state index >= 15 is 0 Å². The fourth-order valence-corrected chi connectivity index (χ4v) is 8.03. The zero-order valence-corrected chi connectivity index (χ0v) is 45.3. The van der Waals surface area contributed by atoms with Gasteiger partial charge < -0.3 is 14.2 Å². The minimum absolute atomic E-state index is 0.0839. The summed E-state index contributed by atoms with van der Waals surface area (Å²) >= 11 is 0. The molecule has 0 radical (unpaired) electrons. The first-order valence-electron chi connectivity index (χ1n) is 29.1. The molecule has 0 aliphatic carbocycles. The Kier molecular flexibility index (Phi) is 54.3. The fourth-order valence-electron chi connectivity index (χ4n) is 8.03. The van der Waals surface area contributed by atoms with Crippen LogP contribution in [0.25, 0.3) is 0 Å². The lowest BCUT2D eigenvalue weighted by atomic mass is 10.0. The molecule has 1 atom stereocenters. The molecule has 0 bridgehead atoms. The normalized spacial score (nSPS) is 12.7. The van der Waals surface area contributed by atoms with Crippen LogP contribution in [0.5, 0.6) is 0 Å². The summed E-state index contributed by atoms with van der Waals surface area (Å²) in [6.45, 7) is 6.50. The van der Waals surface area contributed by atoms with E-state index in [1.165, 1.54) is 116 Å². The molecule has 0 amide bonds. The van der Waals surface area contributed by atoms with Crippen LogP contribution in [0.3, 0.4) is 0 Å². The maximum Gasteiger partial charge on any atom is 0.306 e.